The first kappa shape index (κ1) is 13.8. The van der Waals surface area contributed by atoms with Crippen LogP contribution < -0.4 is 0 Å². The Bertz CT molecular complexity index is 557. The zero-order valence-corrected chi connectivity index (χ0v) is 12.7. The Morgan fingerprint density at radius 1 is 1.55 bits per heavy atom. The van der Waals surface area contributed by atoms with Crippen molar-refractivity contribution in [1.29, 1.82) is 0 Å². The summed E-state index contributed by atoms with van der Waals surface area (Å²) < 4.78 is 5.10. The molecule has 4 nitrogen and oxygen atoms in total. The Hall–Kier alpha value is -1.17. The topological polar surface area (TPSA) is 49.5 Å². The van der Waals surface area contributed by atoms with Crippen LogP contribution in [0, 0.1) is 0 Å². The van der Waals surface area contributed by atoms with Crippen molar-refractivity contribution in [2.45, 2.75) is 44.9 Å². The lowest BCUT2D eigenvalue weighted by Gasteiger charge is -2.33. The average molecular weight is 292 g/mol. The molecule has 5 heteroatoms. The maximum absolute atomic E-state index is 10.2. The zero-order chi connectivity index (χ0) is 14.2. The smallest absolute Gasteiger partial charge is 0.126 e. The monoisotopic (exact) mass is 292 g/mol. The van der Waals surface area contributed by atoms with E-state index >= 15 is 0 Å². The van der Waals surface area contributed by atoms with Crippen LogP contribution in [0.5, 0.6) is 0 Å². The quantitative estimate of drug-likeness (QED) is 0.940. The molecule has 0 spiro atoms. The molecule has 1 fully saturated rings. The number of thiazole rings is 1. The zero-order valence-electron chi connectivity index (χ0n) is 11.9. The maximum atomic E-state index is 10.2. The SMILES string of the molecule is CC(C)(O)C1CCCN1Cc1csc(-c2ccoc2)n1. The molecule has 0 aromatic carbocycles. The summed E-state index contributed by atoms with van der Waals surface area (Å²) in [5.74, 6) is 0. The van der Waals surface area contributed by atoms with E-state index in [1.807, 2.05) is 19.9 Å². The molecule has 3 heterocycles. The number of furan rings is 1. The van der Waals surface area contributed by atoms with Gasteiger partial charge in [0.25, 0.3) is 0 Å². The highest BCUT2D eigenvalue weighted by Gasteiger charge is 2.35. The predicted molar refractivity (Wildman–Crippen MR) is 79.5 cm³/mol. The van der Waals surface area contributed by atoms with Gasteiger partial charge >= 0.3 is 0 Å². The lowest BCUT2D eigenvalue weighted by atomic mass is 9.96. The predicted octanol–water partition coefficient (Wildman–Crippen LogP) is 3.14. The Morgan fingerprint density at radius 2 is 2.40 bits per heavy atom. The third-order valence-electron chi connectivity index (χ3n) is 3.86. The maximum Gasteiger partial charge on any atom is 0.126 e. The molecule has 1 N–H and O–H groups in total. The van der Waals surface area contributed by atoms with Crippen LogP contribution in [-0.4, -0.2) is 33.2 Å². The summed E-state index contributed by atoms with van der Waals surface area (Å²) in [6, 6.07) is 2.15. The van der Waals surface area contributed by atoms with Gasteiger partial charge in [-0.15, -0.1) is 11.3 Å². The molecule has 108 valence electrons. The van der Waals surface area contributed by atoms with Gasteiger partial charge in [-0.3, -0.25) is 4.90 Å². The summed E-state index contributed by atoms with van der Waals surface area (Å²) in [5.41, 5.74) is 1.45. The molecule has 20 heavy (non-hydrogen) atoms. The fraction of sp³-hybridized carbons (Fsp3) is 0.533. The van der Waals surface area contributed by atoms with Crippen LogP contribution in [0.1, 0.15) is 32.4 Å². The summed E-state index contributed by atoms with van der Waals surface area (Å²) in [7, 11) is 0. The van der Waals surface area contributed by atoms with Crippen LogP contribution in [0.2, 0.25) is 0 Å². The lowest BCUT2D eigenvalue weighted by Crippen LogP contribution is -2.45. The fourth-order valence-corrected chi connectivity index (χ4v) is 3.72. The Labute approximate surface area is 123 Å². The van der Waals surface area contributed by atoms with Crippen molar-refractivity contribution in [3.63, 3.8) is 0 Å². The number of hydrogen-bond donors (Lipinski definition) is 1. The van der Waals surface area contributed by atoms with E-state index in [0.29, 0.717) is 0 Å². The molecular formula is C15H20N2O2S. The molecular weight excluding hydrogens is 272 g/mol. The van der Waals surface area contributed by atoms with Gasteiger partial charge in [-0.25, -0.2) is 4.98 Å². The molecule has 2 aromatic rings. The van der Waals surface area contributed by atoms with Crippen molar-refractivity contribution in [2.24, 2.45) is 0 Å². The molecule has 2 aromatic heterocycles. The number of hydrogen-bond acceptors (Lipinski definition) is 5. The van der Waals surface area contributed by atoms with Crippen molar-refractivity contribution in [1.82, 2.24) is 9.88 Å². The van der Waals surface area contributed by atoms with Crippen molar-refractivity contribution in [3.05, 3.63) is 29.7 Å². The lowest BCUT2D eigenvalue weighted by molar-refractivity contribution is -0.00530. The Balaban J connectivity index is 1.72. The highest BCUT2D eigenvalue weighted by Crippen LogP contribution is 2.30. The minimum atomic E-state index is -0.653. The van der Waals surface area contributed by atoms with E-state index in [4.69, 9.17) is 4.42 Å². The van der Waals surface area contributed by atoms with E-state index in [0.717, 1.165) is 42.2 Å². The standard InChI is InChI=1S/C15H20N2O2S/c1-15(2,18)13-4-3-6-17(13)8-12-10-20-14(16-12)11-5-7-19-9-11/h5,7,9-10,13,18H,3-4,6,8H2,1-2H3. The number of nitrogens with zero attached hydrogens (tertiary/aromatic N) is 2. The van der Waals surface area contributed by atoms with Gasteiger partial charge in [-0.05, 0) is 39.3 Å². The summed E-state index contributed by atoms with van der Waals surface area (Å²) >= 11 is 1.64. The molecule has 3 rings (SSSR count). The molecule has 0 bridgehead atoms. The first-order valence-corrected chi connectivity index (χ1v) is 7.85. The van der Waals surface area contributed by atoms with Gasteiger partial charge < -0.3 is 9.52 Å². The van der Waals surface area contributed by atoms with Crippen LogP contribution in [0.15, 0.2) is 28.4 Å². The molecule has 1 atom stereocenters. The fourth-order valence-electron chi connectivity index (χ4n) is 2.92. The molecule has 0 radical (unpaired) electrons. The van der Waals surface area contributed by atoms with Crippen molar-refractivity contribution in [2.75, 3.05) is 6.54 Å². The van der Waals surface area contributed by atoms with Crippen molar-refractivity contribution < 1.29 is 9.52 Å². The van der Waals surface area contributed by atoms with E-state index < -0.39 is 5.60 Å². The van der Waals surface area contributed by atoms with Crippen LogP contribution >= 0.6 is 11.3 Å². The number of likely N-dealkylation sites (tertiary alicyclic amines) is 1. The molecule has 1 unspecified atom stereocenters. The van der Waals surface area contributed by atoms with Crippen molar-refractivity contribution in [3.8, 4) is 10.6 Å². The minimum absolute atomic E-state index is 0.224. The minimum Gasteiger partial charge on any atom is -0.472 e. The van der Waals surface area contributed by atoms with Gasteiger partial charge in [-0.2, -0.15) is 0 Å². The first-order valence-electron chi connectivity index (χ1n) is 6.97. The molecule has 1 aliphatic heterocycles. The van der Waals surface area contributed by atoms with Gasteiger partial charge in [0.1, 0.15) is 11.3 Å². The van der Waals surface area contributed by atoms with Crippen LogP contribution in [0.4, 0.5) is 0 Å². The van der Waals surface area contributed by atoms with E-state index in [-0.39, 0.29) is 6.04 Å². The highest BCUT2D eigenvalue weighted by molar-refractivity contribution is 7.13. The van der Waals surface area contributed by atoms with E-state index in [9.17, 15) is 5.11 Å². The Kier molecular flexibility index (Phi) is 3.67. The van der Waals surface area contributed by atoms with E-state index in [1.165, 1.54) is 0 Å². The summed E-state index contributed by atoms with van der Waals surface area (Å²) in [4.78, 5) is 7.01. The van der Waals surface area contributed by atoms with E-state index in [1.54, 1.807) is 23.9 Å². The average Bonchev–Trinajstić information content (AvgIpc) is 3.08. The summed E-state index contributed by atoms with van der Waals surface area (Å²) in [6.07, 6.45) is 5.59. The first-order chi connectivity index (χ1) is 9.54. The van der Waals surface area contributed by atoms with Gasteiger partial charge in [0, 0.05) is 23.5 Å². The van der Waals surface area contributed by atoms with Gasteiger partial charge in [0.2, 0.25) is 0 Å². The molecule has 0 amide bonds. The van der Waals surface area contributed by atoms with Gasteiger partial charge in [0.05, 0.1) is 17.6 Å². The number of aliphatic hydroxyl groups is 1. The molecule has 1 aliphatic rings. The second-order valence-electron chi connectivity index (χ2n) is 5.94. The van der Waals surface area contributed by atoms with Gasteiger partial charge in [-0.1, -0.05) is 0 Å². The largest absolute Gasteiger partial charge is 0.472 e. The number of rotatable bonds is 4. The van der Waals surface area contributed by atoms with Crippen molar-refractivity contribution >= 4 is 11.3 Å². The highest BCUT2D eigenvalue weighted by atomic mass is 32.1. The van der Waals surface area contributed by atoms with E-state index in [2.05, 4.69) is 15.3 Å². The van der Waals surface area contributed by atoms with Gasteiger partial charge in [0.15, 0.2) is 0 Å². The summed E-state index contributed by atoms with van der Waals surface area (Å²) in [6.45, 7) is 5.64. The summed E-state index contributed by atoms with van der Waals surface area (Å²) in [5, 5.41) is 13.3. The van der Waals surface area contributed by atoms with Crippen LogP contribution in [0.25, 0.3) is 10.6 Å². The van der Waals surface area contributed by atoms with Crippen LogP contribution in [-0.2, 0) is 6.54 Å². The van der Waals surface area contributed by atoms with Crippen LogP contribution in [0.3, 0.4) is 0 Å². The third-order valence-corrected chi connectivity index (χ3v) is 4.80. The molecule has 0 saturated carbocycles. The normalized spacial score (nSPS) is 20.6. The Morgan fingerprint density at radius 3 is 3.10 bits per heavy atom. The second-order valence-corrected chi connectivity index (χ2v) is 6.80. The molecule has 0 aliphatic carbocycles. The number of aromatic nitrogens is 1. The second kappa shape index (κ2) is 5.31. The molecule has 1 saturated heterocycles. The third kappa shape index (κ3) is 2.80.